The van der Waals surface area contributed by atoms with Crippen molar-refractivity contribution in [2.45, 2.75) is 44.6 Å². The maximum atomic E-state index is 13.2. The highest BCUT2D eigenvalue weighted by molar-refractivity contribution is 5.95. The quantitative estimate of drug-likeness (QED) is 0.791. The SMILES string of the molecule is CC(=O)CCCC(=O)N1CCC2(CC1)CN(c1ccc(F)cc1)C(=O)CO2. The second-order valence-electron chi connectivity index (χ2n) is 7.36. The maximum Gasteiger partial charge on any atom is 0.253 e. The Balaban J connectivity index is 1.58. The molecule has 27 heavy (non-hydrogen) atoms. The van der Waals surface area contributed by atoms with Gasteiger partial charge >= 0.3 is 0 Å². The monoisotopic (exact) mass is 376 g/mol. The number of nitrogens with zero attached hydrogens (tertiary/aromatic N) is 2. The number of rotatable bonds is 5. The van der Waals surface area contributed by atoms with Gasteiger partial charge in [-0.05, 0) is 50.5 Å². The fraction of sp³-hybridized carbons (Fsp3) is 0.550. The summed E-state index contributed by atoms with van der Waals surface area (Å²) in [4.78, 5) is 39.0. The predicted octanol–water partition coefficient (Wildman–Crippen LogP) is 2.31. The number of ether oxygens (including phenoxy) is 1. The van der Waals surface area contributed by atoms with Crippen molar-refractivity contribution in [2.75, 3.05) is 31.1 Å². The molecule has 2 aliphatic rings. The van der Waals surface area contributed by atoms with E-state index in [1.54, 1.807) is 17.0 Å². The lowest BCUT2D eigenvalue weighted by Crippen LogP contribution is -2.59. The second-order valence-corrected chi connectivity index (χ2v) is 7.36. The van der Waals surface area contributed by atoms with E-state index in [1.807, 2.05) is 4.90 Å². The van der Waals surface area contributed by atoms with Gasteiger partial charge in [0.25, 0.3) is 5.91 Å². The Kier molecular flexibility index (Phi) is 5.89. The van der Waals surface area contributed by atoms with E-state index in [-0.39, 0.29) is 30.0 Å². The van der Waals surface area contributed by atoms with Crippen LogP contribution in [-0.2, 0) is 19.1 Å². The fourth-order valence-electron chi connectivity index (χ4n) is 3.68. The third-order valence-electron chi connectivity index (χ3n) is 5.33. The predicted molar refractivity (Wildman–Crippen MR) is 97.8 cm³/mol. The molecule has 1 aromatic carbocycles. The fourth-order valence-corrected chi connectivity index (χ4v) is 3.68. The molecule has 0 bridgehead atoms. The number of anilines is 1. The van der Waals surface area contributed by atoms with Gasteiger partial charge in [-0.25, -0.2) is 4.39 Å². The Bertz CT molecular complexity index is 711. The first-order valence-electron chi connectivity index (χ1n) is 9.36. The number of morpholine rings is 1. The van der Waals surface area contributed by atoms with Crippen LogP contribution in [0.5, 0.6) is 0 Å². The standard InChI is InChI=1S/C20H25FN2O4/c1-15(24)3-2-4-18(25)22-11-9-20(10-12-22)14-23(19(26)13-27-20)17-7-5-16(21)6-8-17/h5-8H,2-4,9-14H2,1H3. The molecule has 0 unspecified atom stereocenters. The van der Waals surface area contributed by atoms with E-state index in [0.717, 1.165) is 0 Å². The highest BCUT2D eigenvalue weighted by Gasteiger charge is 2.43. The molecule has 146 valence electrons. The van der Waals surface area contributed by atoms with Crippen LogP contribution >= 0.6 is 0 Å². The van der Waals surface area contributed by atoms with Crippen LogP contribution in [0.2, 0.25) is 0 Å². The molecule has 1 aromatic rings. The molecule has 0 aliphatic carbocycles. The van der Waals surface area contributed by atoms with E-state index in [4.69, 9.17) is 4.74 Å². The number of Topliss-reactive ketones (excluding diaryl/α,β-unsaturated/α-hetero) is 1. The summed E-state index contributed by atoms with van der Waals surface area (Å²) < 4.78 is 19.1. The zero-order valence-electron chi connectivity index (χ0n) is 15.6. The number of ketones is 1. The summed E-state index contributed by atoms with van der Waals surface area (Å²) in [7, 11) is 0. The van der Waals surface area contributed by atoms with Crippen molar-refractivity contribution in [1.29, 1.82) is 0 Å². The van der Waals surface area contributed by atoms with Crippen molar-refractivity contribution in [3.05, 3.63) is 30.1 Å². The number of likely N-dealkylation sites (tertiary alicyclic amines) is 1. The maximum absolute atomic E-state index is 13.2. The molecule has 2 heterocycles. The molecule has 0 N–H and O–H groups in total. The highest BCUT2D eigenvalue weighted by atomic mass is 19.1. The first-order chi connectivity index (χ1) is 12.9. The first-order valence-corrected chi connectivity index (χ1v) is 9.36. The molecule has 2 fully saturated rings. The zero-order valence-corrected chi connectivity index (χ0v) is 15.6. The Hall–Kier alpha value is -2.28. The summed E-state index contributed by atoms with van der Waals surface area (Å²) in [5.74, 6) is -0.323. The summed E-state index contributed by atoms with van der Waals surface area (Å²) >= 11 is 0. The van der Waals surface area contributed by atoms with Crippen LogP contribution in [0.25, 0.3) is 0 Å². The smallest absolute Gasteiger partial charge is 0.253 e. The van der Waals surface area contributed by atoms with Crippen molar-refractivity contribution in [2.24, 2.45) is 0 Å². The summed E-state index contributed by atoms with van der Waals surface area (Å²) in [5.41, 5.74) is 0.185. The van der Waals surface area contributed by atoms with Crippen LogP contribution in [0.3, 0.4) is 0 Å². The molecule has 0 aromatic heterocycles. The number of carbonyl (C=O) groups excluding carboxylic acids is 3. The second kappa shape index (κ2) is 8.17. The molecule has 1 spiro atoms. The van der Waals surface area contributed by atoms with E-state index in [9.17, 15) is 18.8 Å². The number of benzene rings is 1. The topological polar surface area (TPSA) is 66.9 Å². The number of hydrogen-bond acceptors (Lipinski definition) is 4. The lowest BCUT2D eigenvalue weighted by atomic mass is 9.88. The van der Waals surface area contributed by atoms with Crippen molar-refractivity contribution in [1.82, 2.24) is 4.90 Å². The molecule has 0 saturated carbocycles. The molecular weight excluding hydrogens is 351 g/mol. The molecule has 2 aliphatic heterocycles. The van der Waals surface area contributed by atoms with Crippen LogP contribution in [0, 0.1) is 5.82 Å². The van der Waals surface area contributed by atoms with Crippen molar-refractivity contribution in [3.63, 3.8) is 0 Å². The van der Waals surface area contributed by atoms with E-state index in [0.29, 0.717) is 57.4 Å². The molecule has 2 amide bonds. The molecule has 7 heteroatoms. The summed E-state index contributed by atoms with van der Waals surface area (Å²) in [6.07, 6.45) is 2.70. The van der Waals surface area contributed by atoms with Crippen molar-refractivity contribution >= 4 is 23.3 Å². The third kappa shape index (κ3) is 4.71. The molecule has 3 rings (SSSR count). The van der Waals surface area contributed by atoms with Gasteiger partial charge in [0.05, 0.1) is 12.1 Å². The van der Waals surface area contributed by atoms with Crippen LogP contribution in [0.1, 0.15) is 39.0 Å². The normalized spacial score (nSPS) is 19.4. The Morgan fingerprint density at radius 3 is 2.44 bits per heavy atom. The lowest BCUT2D eigenvalue weighted by molar-refractivity contribution is -0.150. The van der Waals surface area contributed by atoms with Crippen LogP contribution in [0.4, 0.5) is 10.1 Å². The van der Waals surface area contributed by atoms with Gasteiger partial charge in [-0.2, -0.15) is 0 Å². The summed E-state index contributed by atoms with van der Waals surface area (Å²) in [6, 6.07) is 5.87. The van der Waals surface area contributed by atoms with Gasteiger partial charge in [-0.15, -0.1) is 0 Å². The molecule has 6 nitrogen and oxygen atoms in total. The summed E-state index contributed by atoms with van der Waals surface area (Å²) in [5, 5.41) is 0. The highest BCUT2D eigenvalue weighted by Crippen LogP contribution is 2.33. The molecule has 0 atom stereocenters. The van der Waals surface area contributed by atoms with Crippen LogP contribution < -0.4 is 4.90 Å². The van der Waals surface area contributed by atoms with E-state index < -0.39 is 5.60 Å². The summed E-state index contributed by atoms with van der Waals surface area (Å²) in [6.45, 7) is 3.08. The number of piperidine rings is 1. The molecule has 2 saturated heterocycles. The average molecular weight is 376 g/mol. The minimum absolute atomic E-state index is 0.00999. The van der Waals surface area contributed by atoms with Gasteiger partial charge < -0.3 is 19.3 Å². The van der Waals surface area contributed by atoms with Crippen LogP contribution in [-0.4, -0.2) is 54.3 Å². The average Bonchev–Trinajstić information content (AvgIpc) is 2.65. The largest absolute Gasteiger partial charge is 0.363 e. The molecule has 0 radical (unpaired) electrons. The lowest BCUT2D eigenvalue weighted by Gasteiger charge is -2.47. The zero-order chi connectivity index (χ0) is 19.4. The van der Waals surface area contributed by atoms with Crippen molar-refractivity contribution < 1.29 is 23.5 Å². The van der Waals surface area contributed by atoms with Crippen LogP contribution in [0.15, 0.2) is 24.3 Å². The van der Waals surface area contributed by atoms with Gasteiger partial charge in [-0.3, -0.25) is 9.59 Å². The number of hydrogen-bond donors (Lipinski definition) is 0. The van der Waals surface area contributed by atoms with E-state index >= 15 is 0 Å². The minimum Gasteiger partial charge on any atom is -0.363 e. The Morgan fingerprint density at radius 1 is 1.15 bits per heavy atom. The van der Waals surface area contributed by atoms with E-state index in [1.165, 1.54) is 19.1 Å². The Morgan fingerprint density at radius 2 is 1.81 bits per heavy atom. The van der Waals surface area contributed by atoms with Gasteiger partial charge in [0.15, 0.2) is 0 Å². The van der Waals surface area contributed by atoms with Gasteiger partial charge in [0, 0.05) is 31.6 Å². The number of carbonyl (C=O) groups is 3. The van der Waals surface area contributed by atoms with Gasteiger partial charge in [0.1, 0.15) is 18.2 Å². The van der Waals surface area contributed by atoms with Gasteiger partial charge in [0.2, 0.25) is 5.91 Å². The number of amides is 2. The minimum atomic E-state index is -0.474. The van der Waals surface area contributed by atoms with Crippen molar-refractivity contribution in [3.8, 4) is 0 Å². The van der Waals surface area contributed by atoms with Gasteiger partial charge in [-0.1, -0.05) is 0 Å². The third-order valence-corrected chi connectivity index (χ3v) is 5.33. The first kappa shape index (κ1) is 19.5. The number of halogens is 1. The Labute approximate surface area is 158 Å². The molecular formula is C20H25FN2O4. The van der Waals surface area contributed by atoms with E-state index in [2.05, 4.69) is 0 Å².